The van der Waals surface area contributed by atoms with Crippen LogP contribution >= 0.6 is 11.6 Å². The Labute approximate surface area is 186 Å². The number of likely N-dealkylation sites (tertiary alicyclic amines) is 2. The third-order valence-electron chi connectivity index (χ3n) is 6.36. The van der Waals surface area contributed by atoms with Gasteiger partial charge in [0.15, 0.2) is 0 Å². The van der Waals surface area contributed by atoms with Gasteiger partial charge in [-0.05, 0) is 24.1 Å². The van der Waals surface area contributed by atoms with Gasteiger partial charge >= 0.3 is 0 Å². The number of hydrogen-bond donors (Lipinski definition) is 0. The van der Waals surface area contributed by atoms with Crippen molar-refractivity contribution in [2.45, 2.75) is 25.2 Å². The number of piperazine rings is 1. The second-order valence-electron chi connectivity index (χ2n) is 8.41. The van der Waals surface area contributed by atoms with E-state index in [9.17, 15) is 19.2 Å². The van der Waals surface area contributed by atoms with Crippen molar-refractivity contribution < 1.29 is 19.2 Å². The van der Waals surface area contributed by atoms with E-state index in [1.54, 1.807) is 19.6 Å². The van der Waals surface area contributed by atoms with Gasteiger partial charge in [-0.25, -0.2) is 0 Å². The van der Waals surface area contributed by atoms with Gasteiger partial charge in [-0.3, -0.25) is 19.2 Å². The maximum absolute atomic E-state index is 12.7. The maximum Gasteiger partial charge on any atom is 0.242 e. The average Bonchev–Trinajstić information content (AvgIpc) is 3.34. The summed E-state index contributed by atoms with van der Waals surface area (Å²) in [5.41, 5.74) is 1.05. The van der Waals surface area contributed by atoms with Gasteiger partial charge in [-0.2, -0.15) is 0 Å². The van der Waals surface area contributed by atoms with E-state index < -0.39 is 0 Å². The minimum atomic E-state index is -0.0908. The molecule has 9 heteroatoms. The monoisotopic (exact) mass is 446 g/mol. The van der Waals surface area contributed by atoms with Crippen molar-refractivity contribution in [1.29, 1.82) is 0 Å². The molecule has 4 amide bonds. The number of benzene rings is 1. The Morgan fingerprint density at radius 1 is 0.839 bits per heavy atom. The number of carbonyl (C=O) groups is 4. The van der Waals surface area contributed by atoms with E-state index in [0.717, 1.165) is 12.0 Å². The van der Waals surface area contributed by atoms with E-state index >= 15 is 0 Å². The number of nitrogens with zero attached hydrogens (tertiary/aromatic N) is 4. The largest absolute Gasteiger partial charge is 0.338 e. The zero-order chi connectivity index (χ0) is 22.0. The van der Waals surface area contributed by atoms with Crippen LogP contribution in [0.1, 0.15) is 30.7 Å². The molecule has 4 rings (SSSR count). The lowest BCUT2D eigenvalue weighted by atomic mass is 9.98. The summed E-state index contributed by atoms with van der Waals surface area (Å²) in [6.45, 7) is 3.16. The number of carbonyl (C=O) groups excluding carboxylic acids is 4. The van der Waals surface area contributed by atoms with Crippen LogP contribution < -0.4 is 0 Å². The Balaban J connectivity index is 1.24. The predicted molar refractivity (Wildman–Crippen MR) is 114 cm³/mol. The van der Waals surface area contributed by atoms with Crippen molar-refractivity contribution in [2.24, 2.45) is 0 Å². The van der Waals surface area contributed by atoms with Gasteiger partial charge in [0, 0.05) is 63.1 Å². The summed E-state index contributed by atoms with van der Waals surface area (Å²) < 4.78 is 0. The average molecular weight is 447 g/mol. The van der Waals surface area contributed by atoms with Crippen LogP contribution in [0.5, 0.6) is 0 Å². The topological polar surface area (TPSA) is 81.2 Å². The summed E-state index contributed by atoms with van der Waals surface area (Å²) in [6.07, 6.45) is 1.72. The Morgan fingerprint density at radius 2 is 1.42 bits per heavy atom. The molecule has 0 aliphatic carbocycles. The maximum atomic E-state index is 12.7. The summed E-state index contributed by atoms with van der Waals surface area (Å²) in [4.78, 5) is 56.0. The van der Waals surface area contributed by atoms with Crippen molar-refractivity contribution in [3.8, 4) is 0 Å². The van der Waals surface area contributed by atoms with Crippen molar-refractivity contribution >= 4 is 35.2 Å². The Morgan fingerprint density at radius 3 is 1.97 bits per heavy atom. The number of halogens is 1. The van der Waals surface area contributed by atoms with Crippen molar-refractivity contribution in [2.75, 3.05) is 52.4 Å². The van der Waals surface area contributed by atoms with Gasteiger partial charge in [-0.15, -0.1) is 0 Å². The normalized spacial score (nSPS) is 21.9. The summed E-state index contributed by atoms with van der Waals surface area (Å²) in [6, 6.07) is 7.49. The van der Waals surface area contributed by atoms with Crippen LogP contribution in [0.25, 0.3) is 0 Å². The summed E-state index contributed by atoms with van der Waals surface area (Å²) in [7, 11) is 0. The van der Waals surface area contributed by atoms with Crippen LogP contribution in [-0.2, 0) is 19.2 Å². The lowest BCUT2D eigenvalue weighted by molar-refractivity contribution is -0.144. The van der Waals surface area contributed by atoms with Gasteiger partial charge in [0.2, 0.25) is 23.6 Å². The van der Waals surface area contributed by atoms with Crippen LogP contribution in [0.4, 0.5) is 0 Å². The molecule has 3 fully saturated rings. The third-order valence-corrected chi connectivity index (χ3v) is 6.62. The number of amides is 4. The number of hydrogen-bond acceptors (Lipinski definition) is 4. The summed E-state index contributed by atoms with van der Waals surface area (Å²) in [5, 5.41) is 0.657. The first kappa shape index (κ1) is 21.6. The summed E-state index contributed by atoms with van der Waals surface area (Å²) in [5.74, 6) is -0.0677. The number of rotatable bonds is 5. The van der Waals surface area contributed by atoms with Gasteiger partial charge in [0.1, 0.15) is 0 Å². The highest BCUT2D eigenvalue weighted by Crippen LogP contribution is 2.29. The first-order valence-electron chi connectivity index (χ1n) is 10.8. The lowest BCUT2D eigenvalue weighted by Gasteiger charge is -2.36. The molecule has 3 saturated heterocycles. The SMILES string of the molecule is O=C(CN1CCCC1=O)N1CCN(C(=O)CN2CC(c3ccc(Cl)cc3)CC2=O)CC1. The second kappa shape index (κ2) is 9.26. The van der Waals surface area contributed by atoms with E-state index in [0.29, 0.717) is 57.1 Å². The molecule has 3 heterocycles. The third kappa shape index (κ3) is 5.01. The molecule has 0 saturated carbocycles. The predicted octanol–water partition coefficient (Wildman–Crippen LogP) is 0.949. The fourth-order valence-corrected chi connectivity index (χ4v) is 4.61. The van der Waals surface area contributed by atoms with E-state index in [1.807, 2.05) is 24.3 Å². The quantitative estimate of drug-likeness (QED) is 0.674. The molecule has 3 aliphatic heterocycles. The minimum absolute atomic E-state index is 0.0163. The lowest BCUT2D eigenvalue weighted by Crippen LogP contribution is -2.54. The molecule has 3 aliphatic rings. The highest BCUT2D eigenvalue weighted by Gasteiger charge is 2.34. The second-order valence-corrected chi connectivity index (χ2v) is 8.84. The molecule has 1 aromatic carbocycles. The molecular formula is C22H27ClN4O4. The zero-order valence-electron chi connectivity index (χ0n) is 17.5. The first-order valence-corrected chi connectivity index (χ1v) is 11.1. The molecule has 1 aromatic rings. The van der Waals surface area contributed by atoms with Crippen molar-refractivity contribution in [3.05, 3.63) is 34.9 Å². The first-order chi connectivity index (χ1) is 14.9. The fraction of sp³-hybridized carbons (Fsp3) is 0.545. The molecule has 0 bridgehead atoms. The van der Waals surface area contributed by atoms with Crippen LogP contribution in [0.15, 0.2) is 24.3 Å². The molecular weight excluding hydrogens is 420 g/mol. The highest BCUT2D eigenvalue weighted by atomic mass is 35.5. The van der Waals surface area contributed by atoms with Crippen LogP contribution in [0, 0.1) is 0 Å². The van der Waals surface area contributed by atoms with Gasteiger partial charge in [0.05, 0.1) is 13.1 Å². The van der Waals surface area contributed by atoms with E-state index in [4.69, 9.17) is 11.6 Å². The molecule has 0 aromatic heterocycles. The molecule has 0 N–H and O–H groups in total. The van der Waals surface area contributed by atoms with Crippen LogP contribution in [0.3, 0.4) is 0 Å². The van der Waals surface area contributed by atoms with Crippen molar-refractivity contribution in [3.63, 3.8) is 0 Å². The minimum Gasteiger partial charge on any atom is -0.338 e. The van der Waals surface area contributed by atoms with Gasteiger partial charge in [0.25, 0.3) is 0 Å². The van der Waals surface area contributed by atoms with Gasteiger partial charge in [-0.1, -0.05) is 23.7 Å². The molecule has 8 nitrogen and oxygen atoms in total. The Hall–Kier alpha value is -2.61. The van der Waals surface area contributed by atoms with Crippen molar-refractivity contribution in [1.82, 2.24) is 19.6 Å². The molecule has 1 unspecified atom stereocenters. The Kier molecular flexibility index (Phi) is 6.46. The standard InChI is InChI=1S/C22H27ClN4O4/c23-18-5-3-16(4-6-18)17-12-20(29)27(13-17)15-22(31)25-10-8-24(9-11-25)21(30)14-26-7-1-2-19(26)28/h3-6,17H,1-2,7-15H2. The highest BCUT2D eigenvalue weighted by molar-refractivity contribution is 6.30. The smallest absolute Gasteiger partial charge is 0.242 e. The fourth-order valence-electron chi connectivity index (χ4n) is 4.49. The zero-order valence-corrected chi connectivity index (χ0v) is 18.2. The molecule has 0 spiro atoms. The van der Waals surface area contributed by atoms with Gasteiger partial charge < -0.3 is 19.6 Å². The summed E-state index contributed by atoms with van der Waals surface area (Å²) >= 11 is 5.94. The van der Waals surface area contributed by atoms with E-state index in [1.165, 1.54) is 0 Å². The van der Waals surface area contributed by atoms with Crippen LogP contribution in [-0.4, -0.2) is 95.6 Å². The van der Waals surface area contributed by atoms with E-state index in [2.05, 4.69) is 0 Å². The molecule has 166 valence electrons. The van der Waals surface area contributed by atoms with E-state index in [-0.39, 0.29) is 42.6 Å². The molecule has 31 heavy (non-hydrogen) atoms. The molecule has 0 radical (unpaired) electrons. The Bertz CT molecular complexity index is 867. The molecule has 1 atom stereocenters. The van der Waals surface area contributed by atoms with Crippen LogP contribution in [0.2, 0.25) is 5.02 Å².